The zero-order valence-electron chi connectivity index (χ0n) is 21.4. The van der Waals surface area contributed by atoms with Gasteiger partial charge in [0.2, 0.25) is 5.88 Å². The van der Waals surface area contributed by atoms with Crippen LogP contribution >= 0.6 is 15.9 Å². The van der Waals surface area contributed by atoms with Crippen LogP contribution in [-0.4, -0.2) is 42.7 Å². The summed E-state index contributed by atoms with van der Waals surface area (Å²) in [5.74, 6) is 1.08. The summed E-state index contributed by atoms with van der Waals surface area (Å²) in [6.45, 7) is 0.776. The third kappa shape index (κ3) is 5.15. The van der Waals surface area contributed by atoms with Crippen molar-refractivity contribution in [1.29, 1.82) is 0 Å². The summed E-state index contributed by atoms with van der Waals surface area (Å²) in [6.07, 6.45) is 13.4. The van der Waals surface area contributed by atoms with Gasteiger partial charge in [-0.1, -0.05) is 71.3 Å². The van der Waals surface area contributed by atoms with E-state index in [1.165, 1.54) is 18.4 Å². The first-order valence-corrected chi connectivity index (χ1v) is 13.6. The molecule has 0 aliphatic heterocycles. The molecule has 3 aromatic rings. The van der Waals surface area contributed by atoms with Gasteiger partial charge in [0.05, 0.1) is 18.2 Å². The molecule has 1 N–H and O–H groups in total. The van der Waals surface area contributed by atoms with Crippen LogP contribution in [0.5, 0.6) is 5.88 Å². The summed E-state index contributed by atoms with van der Waals surface area (Å²) < 4.78 is 6.90. The van der Waals surface area contributed by atoms with Gasteiger partial charge in [0.25, 0.3) is 0 Å². The number of benzene rings is 2. The van der Waals surface area contributed by atoms with Crippen molar-refractivity contribution in [2.45, 2.75) is 43.6 Å². The van der Waals surface area contributed by atoms with Crippen molar-refractivity contribution in [2.75, 3.05) is 27.7 Å². The molecular weight excluding hydrogens is 512 g/mol. The molecular formula is C31H35BrN2O2. The molecule has 188 valence electrons. The number of fused-ring (bicyclic) bond motifs is 2. The van der Waals surface area contributed by atoms with Gasteiger partial charge in [-0.25, -0.2) is 4.98 Å². The molecule has 1 fully saturated rings. The van der Waals surface area contributed by atoms with Crippen molar-refractivity contribution in [2.24, 2.45) is 5.92 Å². The predicted octanol–water partition coefficient (Wildman–Crippen LogP) is 6.85. The SMILES string of the molecule is COc1nc2ccc(Br)cc2cc1C(CC1CC1)C(O)(CCN(C)C)c1cccc2c1C=CC=CC2. The average Bonchev–Trinajstić information content (AvgIpc) is 3.71. The van der Waals surface area contributed by atoms with E-state index in [4.69, 9.17) is 9.72 Å². The van der Waals surface area contributed by atoms with Gasteiger partial charge >= 0.3 is 0 Å². The number of hydrogen-bond acceptors (Lipinski definition) is 4. The van der Waals surface area contributed by atoms with Crippen LogP contribution in [0.25, 0.3) is 17.0 Å². The second kappa shape index (κ2) is 10.5. The number of pyridine rings is 1. The highest BCUT2D eigenvalue weighted by atomic mass is 79.9. The van der Waals surface area contributed by atoms with Gasteiger partial charge in [-0.3, -0.25) is 0 Å². The lowest BCUT2D eigenvalue weighted by Crippen LogP contribution is -2.38. The van der Waals surface area contributed by atoms with Crippen LogP contribution in [0.15, 0.2) is 65.2 Å². The van der Waals surface area contributed by atoms with Gasteiger partial charge in [-0.15, -0.1) is 0 Å². The van der Waals surface area contributed by atoms with E-state index in [9.17, 15) is 5.11 Å². The molecule has 1 saturated carbocycles. The van der Waals surface area contributed by atoms with Gasteiger partial charge in [-0.2, -0.15) is 0 Å². The van der Waals surface area contributed by atoms with Gasteiger partial charge in [0.1, 0.15) is 0 Å². The van der Waals surface area contributed by atoms with Crippen LogP contribution in [0.1, 0.15) is 53.9 Å². The summed E-state index contributed by atoms with van der Waals surface area (Å²) in [5, 5.41) is 14.0. The van der Waals surface area contributed by atoms with Gasteiger partial charge in [0, 0.05) is 27.9 Å². The van der Waals surface area contributed by atoms with E-state index in [0.717, 1.165) is 51.5 Å². The van der Waals surface area contributed by atoms with E-state index >= 15 is 0 Å². The predicted molar refractivity (Wildman–Crippen MR) is 151 cm³/mol. The maximum absolute atomic E-state index is 12.9. The highest BCUT2D eigenvalue weighted by Gasteiger charge is 2.45. The molecule has 5 heteroatoms. The van der Waals surface area contributed by atoms with Crippen molar-refractivity contribution in [1.82, 2.24) is 9.88 Å². The zero-order valence-corrected chi connectivity index (χ0v) is 23.0. The first-order chi connectivity index (χ1) is 17.4. The average molecular weight is 548 g/mol. The fourth-order valence-corrected chi connectivity index (χ4v) is 5.89. The van der Waals surface area contributed by atoms with E-state index in [1.807, 2.05) is 12.1 Å². The topological polar surface area (TPSA) is 45.6 Å². The maximum atomic E-state index is 12.9. The Hall–Kier alpha value is -2.47. The Balaban J connectivity index is 1.72. The van der Waals surface area contributed by atoms with Crippen molar-refractivity contribution >= 4 is 32.9 Å². The monoisotopic (exact) mass is 546 g/mol. The number of hydrogen-bond donors (Lipinski definition) is 1. The molecule has 2 aliphatic rings. The highest BCUT2D eigenvalue weighted by Crippen LogP contribution is 2.51. The van der Waals surface area contributed by atoms with Crippen LogP contribution < -0.4 is 4.74 Å². The molecule has 5 rings (SSSR count). The van der Waals surface area contributed by atoms with E-state index in [0.29, 0.717) is 18.2 Å². The minimum absolute atomic E-state index is 0.146. The second-order valence-electron chi connectivity index (χ2n) is 10.5. The minimum Gasteiger partial charge on any atom is -0.481 e. The molecule has 0 radical (unpaired) electrons. The lowest BCUT2D eigenvalue weighted by molar-refractivity contribution is -0.0124. The quantitative estimate of drug-likeness (QED) is 0.318. The number of methoxy groups -OCH3 is 1. The first-order valence-electron chi connectivity index (χ1n) is 12.9. The Labute approximate surface area is 222 Å². The molecule has 2 atom stereocenters. The van der Waals surface area contributed by atoms with Crippen molar-refractivity contribution in [3.63, 3.8) is 0 Å². The van der Waals surface area contributed by atoms with Gasteiger partial charge < -0.3 is 14.7 Å². The smallest absolute Gasteiger partial charge is 0.217 e. The Kier molecular flexibility index (Phi) is 7.34. The van der Waals surface area contributed by atoms with Crippen LogP contribution in [0, 0.1) is 5.92 Å². The molecule has 2 aliphatic carbocycles. The number of halogens is 1. The lowest BCUT2D eigenvalue weighted by atomic mass is 9.70. The molecule has 2 aromatic carbocycles. The number of ether oxygens (including phenoxy) is 1. The summed E-state index contributed by atoms with van der Waals surface area (Å²) in [7, 11) is 5.83. The van der Waals surface area contributed by atoms with Crippen LogP contribution in [0.3, 0.4) is 0 Å². The van der Waals surface area contributed by atoms with Gasteiger partial charge in [-0.05, 0) is 80.2 Å². The number of aromatic nitrogens is 1. The minimum atomic E-state index is -1.08. The molecule has 4 nitrogen and oxygen atoms in total. The Bertz CT molecular complexity index is 1310. The summed E-state index contributed by atoms with van der Waals surface area (Å²) in [4.78, 5) is 7.06. The third-order valence-corrected chi connectivity index (χ3v) is 8.12. The first kappa shape index (κ1) is 25.2. The normalized spacial score (nSPS) is 17.6. The largest absolute Gasteiger partial charge is 0.481 e. The third-order valence-electron chi connectivity index (χ3n) is 7.63. The van der Waals surface area contributed by atoms with Crippen molar-refractivity contribution in [3.05, 3.63) is 87.4 Å². The molecule has 0 spiro atoms. The van der Waals surface area contributed by atoms with Crippen molar-refractivity contribution < 1.29 is 9.84 Å². The van der Waals surface area contributed by atoms with Crippen LogP contribution in [0.2, 0.25) is 0 Å². The van der Waals surface area contributed by atoms with Crippen LogP contribution in [-0.2, 0) is 12.0 Å². The number of rotatable bonds is 9. The van der Waals surface area contributed by atoms with Crippen LogP contribution in [0.4, 0.5) is 0 Å². The molecule has 2 unspecified atom stereocenters. The molecule has 0 bridgehead atoms. The lowest BCUT2D eigenvalue weighted by Gasteiger charge is -2.40. The maximum Gasteiger partial charge on any atom is 0.217 e. The fourth-order valence-electron chi connectivity index (χ4n) is 5.51. The van der Waals surface area contributed by atoms with E-state index < -0.39 is 5.60 Å². The summed E-state index contributed by atoms with van der Waals surface area (Å²) >= 11 is 3.62. The number of aliphatic hydroxyl groups is 1. The Morgan fingerprint density at radius 1 is 1.17 bits per heavy atom. The van der Waals surface area contributed by atoms with E-state index in [1.54, 1.807) is 7.11 Å². The molecule has 36 heavy (non-hydrogen) atoms. The molecule has 1 aromatic heterocycles. The van der Waals surface area contributed by atoms with E-state index in [-0.39, 0.29) is 5.92 Å². The molecule has 0 amide bonds. The highest BCUT2D eigenvalue weighted by molar-refractivity contribution is 9.10. The van der Waals surface area contributed by atoms with Crippen molar-refractivity contribution in [3.8, 4) is 5.88 Å². The Morgan fingerprint density at radius 3 is 2.75 bits per heavy atom. The van der Waals surface area contributed by atoms with Gasteiger partial charge in [0.15, 0.2) is 0 Å². The number of nitrogens with zero attached hydrogens (tertiary/aromatic N) is 2. The van der Waals surface area contributed by atoms with E-state index in [2.05, 4.69) is 89.6 Å². The summed E-state index contributed by atoms with van der Waals surface area (Å²) in [6, 6.07) is 14.7. The Morgan fingerprint density at radius 2 is 2.00 bits per heavy atom. The zero-order chi connectivity index (χ0) is 25.3. The fraction of sp³-hybridized carbons (Fsp3) is 0.387. The standard InChI is InChI=1S/C31H35BrN2O2/c1-34(2)17-16-31(35,27-11-7-9-22-8-5-4-6-10-25(22)27)28(18-21-12-13-21)26-20-23-19-24(32)14-15-29(23)33-30(26)36-3/h4-7,9-11,14-15,19-21,28,35H,8,12-13,16-18H2,1-3H3. The summed E-state index contributed by atoms with van der Waals surface area (Å²) in [5.41, 5.74) is 4.19. The molecule has 1 heterocycles. The second-order valence-corrected chi connectivity index (χ2v) is 11.4. The molecule has 0 saturated heterocycles. The number of allylic oxidation sites excluding steroid dienone is 3.